The molecule has 82 valence electrons. The molecular weight excluding hydrogens is 332 g/mol. The molecule has 0 amide bonds. The van der Waals surface area contributed by atoms with Crippen molar-refractivity contribution < 1.29 is 5.11 Å². The van der Waals surface area contributed by atoms with Gasteiger partial charge in [0.05, 0.1) is 0 Å². The van der Waals surface area contributed by atoms with Crippen molar-refractivity contribution in [3.63, 3.8) is 0 Å². The van der Waals surface area contributed by atoms with Gasteiger partial charge in [-0.1, -0.05) is 68.3 Å². The van der Waals surface area contributed by atoms with Crippen molar-refractivity contribution in [1.29, 1.82) is 0 Å². The van der Waals surface area contributed by atoms with Crippen molar-refractivity contribution in [1.82, 2.24) is 0 Å². The second-order valence-electron chi connectivity index (χ2n) is 3.45. The van der Waals surface area contributed by atoms with Gasteiger partial charge in [-0.3, -0.25) is 0 Å². The number of aliphatic hydroxyl groups excluding tert-OH is 1. The Balaban J connectivity index is 2.44. The highest BCUT2D eigenvalue weighted by Gasteiger charge is 2.15. The Morgan fingerprint density at radius 2 is 1.12 bits per heavy atom. The van der Waals surface area contributed by atoms with Gasteiger partial charge in [-0.15, -0.1) is 0 Å². The Hall–Kier alpha value is -0.640. The molecule has 2 aromatic carbocycles. The SMILES string of the molecule is OC(c1ccccc1Br)c1ccccc1Br. The standard InChI is InChI=1S/C13H10Br2O/c14-11-7-3-1-5-9(11)13(16)10-6-2-4-8-12(10)15/h1-8,13,16H. The van der Waals surface area contributed by atoms with Gasteiger partial charge >= 0.3 is 0 Å². The zero-order valence-electron chi connectivity index (χ0n) is 8.40. The monoisotopic (exact) mass is 340 g/mol. The normalized spacial score (nSPS) is 10.8. The Morgan fingerprint density at radius 1 is 0.750 bits per heavy atom. The van der Waals surface area contributed by atoms with Crippen LogP contribution in [0.15, 0.2) is 57.5 Å². The number of halogens is 2. The number of rotatable bonds is 2. The first-order valence-corrected chi connectivity index (χ1v) is 6.45. The molecule has 0 atom stereocenters. The summed E-state index contributed by atoms with van der Waals surface area (Å²) in [5.74, 6) is 0. The van der Waals surface area contributed by atoms with Crippen LogP contribution in [0.25, 0.3) is 0 Å². The van der Waals surface area contributed by atoms with Crippen LogP contribution in [0.1, 0.15) is 17.2 Å². The minimum absolute atomic E-state index is 0.619. The molecule has 0 spiro atoms. The van der Waals surface area contributed by atoms with E-state index in [1.807, 2.05) is 48.5 Å². The summed E-state index contributed by atoms with van der Waals surface area (Å²) in [6.45, 7) is 0. The number of hydrogen-bond acceptors (Lipinski definition) is 1. The Morgan fingerprint density at radius 3 is 1.50 bits per heavy atom. The van der Waals surface area contributed by atoms with E-state index in [0.717, 1.165) is 20.1 Å². The molecule has 0 unspecified atom stereocenters. The molecule has 0 aliphatic rings. The van der Waals surface area contributed by atoms with Gasteiger partial charge in [-0.05, 0) is 23.3 Å². The van der Waals surface area contributed by atoms with E-state index in [4.69, 9.17) is 0 Å². The third-order valence-corrected chi connectivity index (χ3v) is 3.84. The van der Waals surface area contributed by atoms with Gasteiger partial charge in [0.2, 0.25) is 0 Å². The first-order valence-electron chi connectivity index (χ1n) is 4.87. The lowest BCUT2D eigenvalue weighted by Gasteiger charge is -2.14. The van der Waals surface area contributed by atoms with E-state index in [-0.39, 0.29) is 0 Å². The first kappa shape index (κ1) is 11.8. The van der Waals surface area contributed by atoms with E-state index < -0.39 is 6.10 Å². The smallest absolute Gasteiger partial charge is 0.106 e. The van der Waals surface area contributed by atoms with Gasteiger partial charge in [0, 0.05) is 8.95 Å². The van der Waals surface area contributed by atoms with E-state index in [2.05, 4.69) is 31.9 Å². The fourth-order valence-corrected chi connectivity index (χ4v) is 2.56. The fourth-order valence-electron chi connectivity index (χ4n) is 1.56. The van der Waals surface area contributed by atoms with Crippen molar-refractivity contribution in [3.05, 3.63) is 68.6 Å². The molecule has 1 nitrogen and oxygen atoms in total. The topological polar surface area (TPSA) is 20.2 Å². The molecule has 16 heavy (non-hydrogen) atoms. The molecule has 2 aromatic rings. The largest absolute Gasteiger partial charge is 0.384 e. The Bertz CT molecular complexity index is 451. The van der Waals surface area contributed by atoms with Crippen LogP contribution >= 0.6 is 31.9 Å². The maximum absolute atomic E-state index is 10.3. The van der Waals surface area contributed by atoms with Crippen LogP contribution in [-0.2, 0) is 0 Å². The lowest BCUT2D eigenvalue weighted by molar-refractivity contribution is 0.219. The molecule has 2 rings (SSSR count). The third kappa shape index (κ3) is 2.37. The van der Waals surface area contributed by atoms with Crippen molar-refractivity contribution >= 4 is 31.9 Å². The molecule has 3 heteroatoms. The van der Waals surface area contributed by atoms with Crippen LogP contribution in [0.4, 0.5) is 0 Å². The van der Waals surface area contributed by atoms with Gasteiger partial charge in [0.15, 0.2) is 0 Å². The van der Waals surface area contributed by atoms with Crippen molar-refractivity contribution in [2.45, 2.75) is 6.10 Å². The zero-order valence-corrected chi connectivity index (χ0v) is 11.6. The fraction of sp³-hybridized carbons (Fsp3) is 0.0769. The summed E-state index contributed by atoms with van der Waals surface area (Å²) in [6.07, 6.45) is -0.619. The molecule has 0 saturated carbocycles. The summed E-state index contributed by atoms with van der Waals surface area (Å²) < 4.78 is 1.83. The molecule has 0 radical (unpaired) electrons. The Kier molecular flexibility index (Phi) is 3.79. The van der Waals surface area contributed by atoms with Crippen LogP contribution < -0.4 is 0 Å². The van der Waals surface area contributed by atoms with Crippen LogP contribution in [0.3, 0.4) is 0 Å². The van der Waals surface area contributed by atoms with Gasteiger partial charge in [0.1, 0.15) is 6.10 Å². The summed E-state index contributed by atoms with van der Waals surface area (Å²) in [5, 5.41) is 10.3. The second-order valence-corrected chi connectivity index (χ2v) is 5.15. The van der Waals surface area contributed by atoms with Crippen LogP contribution in [-0.4, -0.2) is 5.11 Å². The predicted octanol–water partition coefficient (Wildman–Crippen LogP) is 4.29. The number of benzene rings is 2. The quantitative estimate of drug-likeness (QED) is 0.863. The molecule has 0 aliphatic heterocycles. The van der Waals surface area contributed by atoms with E-state index in [1.165, 1.54) is 0 Å². The molecule has 0 saturated heterocycles. The van der Waals surface area contributed by atoms with E-state index in [1.54, 1.807) is 0 Å². The van der Waals surface area contributed by atoms with Gasteiger partial charge < -0.3 is 5.11 Å². The molecule has 0 aromatic heterocycles. The first-order chi connectivity index (χ1) is 7.70. The van der Waals surface area contributed by atoms with Crippen molar-refractivity contribution in [2.75, 3.05) is 0 Å². The maximum Gasteiger partial charge on any atom is 0.106 e. The van der Waals surface area contributed by atoms with Gasteiger partial charge in [-0.2, -0.15) is 0 Å². The highest BCUT2D eigenvalue weighted by molar-refractivity contribution is 9.10. The summed E-state index contributed by atoms with van der Waals surface area (Å²) in [7, 11) is 0. The van der Waals surface area contributed by atoms with Crippen molar-refractivity contribution in [3.8, 4) is 0 Å². The van der Waals surface area contributed by atoms with E-state index in [9.17, 15) is 5.11 Å². The molecule has 1 N–H and O–H groups in total. The van der Waals surface area contributed by atoms with E-state index in [0.29, 0.717) is 0 Å². The average Bonchev–Trinajstić information content (AvgIpc) is 2.29. The molecule has 0 fully saturated rings. The summed E-state index contributed by atoms with van der Waals surface area (Å²) in [4.78, 5) is 0. The van der Waals surface area contributed by atoms with Gasteiger partial charge in [-0.25, -0.2) is 0 Å². The minimum Gasteiger partial charge on any atom is -0.384 e. The van der Waals surface area contributed by atoms with Crippen LogP contribution in [0, 0.1) is 0 Å². The number of hydrogen-bond donors (Lipinski definition) is 1. The highest BCUT2D eigenvalue weighted by Crippen LogP contribution is 2.32. The van der Waals surface area contributed by atoms with E-state index >= 15 is 0 Å². The van der Waals surface area contributed by atoms with Crippen molar-refractivity contribution in [2.24, 2.45) is 0 Å². The predicted molar refractivity (Wildman–Crippen MR) is 72.3 cm³/mol. The zero-order chi connectivity index (χ0) is 11.5. The minimum atomic E-state index is -0.619. The third-order valence-electron chi connectivity index (χ3n) is 2.40. The molecule has 0 aliphatic carbocycles. The summed E-state index contributed by atoms with van der Waals surface area (Å²) >= 11 is 6.89. The molecular formula is C13H10Br2O. The lowest BCUT2D eigenvalue weighted by atomic mass is 10.0. The molecule has 0 bridgehead atoms. The lowest BCUT2D eigenvalue weighted by Crippen LogP contribution is -2.01. The Labute approximate surface area is 111 Å². The average molecular weight is 342 g/mol. The van der Waals surface area contributed by atoms with Crippen LogP contribution in [0.2, 0.25) is 0 Å². The number of aliphatic hydroxyl groups is 1. The van der Waals surface area contributed by atoms with Gasteiger partial charge in [0.25, 0.3) is 0 Å². The summed E-state index contributed by atoms with van der Waals surface area (Å²) in [5.41, 5.74) is 1.74. The summed E-state index contributed by atoms with van der Waals surface area (Å²) in [6, 6.07) is 15.4. The highest BCUT2D eigenvalue weighted by atomic mass is 79.9. The van der Waals surface area contributed by atoms with Crippen LogP contribution in [0.5, 0.6) is 0 Å². The second kappa shape index (κ2) is 5.13. The molecule has 0 heterocycles. The maximum atomic E-state index is 10.3.